The predicted molar refractivity (Wildman–Crippen MR) is 103 cm³/mol. The summed E-state index contributed by atoms with van der Waals surface area (Å²) in [5, 5.41) is 8.95. The van der Waals surface area contributed by atoms with Gasteiger partial charge in [0.15, 0.2) is 0 Å². The maximum Gasteiger partial charge on any atom is 0.246 e. The minimum atomic E-state index is -0.406. The van der Waals surface area contributed by atoms with Gasteiger partial charge in [-0.15, -0.1) is 23.1 Å². The van der Waals surface area contributed by atoms with Crippen molar-refractivity contribution in [1.29, 1.82) is 0 Å². The molecule has 4 heterocycles. The fourth-order valence-electron chi connectivity index (χ4n) is 3.13. The molecule has 0 spiro atoms. The van der Waals surface area contributed by atoms with Crippen LogP contribution in [0.3, 0.4) is 0 Å². The van der Waals surface area contributed by atoms with E-state index in [1.807, 2.05) is 29.6 Å². The van der Waals surface area contributed by atoms with Crippen LogP contribution in [0.5, 0.6) is 0 Å². The van der Waals surface area contributed by atoms with Crippen molar-refractivity contribution in [3.05, 3.63) is 52.5 Å². The molecule has 0 bridgehead atoms. The van der Waals surface area contributed by atoms with Gasteiger partial charge < -0.3 is 10.6 Å². The third kappa shape index (κ3) is 3.66. The Balaban J connectivity index is 1.45. The summed E-state index contributed by atoms with van der Waals surface area (Å²) in [7, 11) is 0. The van der Waals surface area contributed by atoms with Crippen LogP contribution >= 0.6 is 23.1 Å². The zero-order chi connectivity index (χ0) is 17.9. The van der Waals surface area contributed by atoms with Gasteiger partial charge in [0.05, 0.1) is 12.1 Å². The van der Waals surface area contributed by atoms with Gasteiger partial charge in [0.2, 0.25) is 11.8 Å². The van der Waals surface area contributed by atoms with Crippen molar-refractivity contribution in [2.45, 2.75) is 31.0 Å². The number of rotatable bonds is 4. The molecular formula is C18H18N4O2S2. The highest BCUT2D eigenvalue weighted by Crippen LogP contribution is 2.28. The van der Waals surface area contributed by atoms with E-state index < -0.39 is 6.04 Å². The zero-order valence-electron chi connectivity index (χ0n) is 13.9. The Labute approximate surface area is 159 Å². The highest BCUT2D eigenvalue weighted by molar-refractivity contribution is 8.14. The SMILES string of the molecule is O=C1CC[C@@H](NC(=O)C2CSC(c3cccnc3)=N2)[C@H](c2cccs2)N1. The number of nitrogens with one attached hydrogen (secondary N) is 2. The van der Waals surface area contributed by atoms with Crippen LogP contribution in [-0.4, -0.2) is 39.7 Å². The van der Waals surface area contributed by atoms with Crippen molar-refractivity contribution in [1.82, 2.24) is 15.6 Å². The minimum absolute atomic E-state index is 0.0298. The predicted octanol–water partition coefficient (Wildman–Crippen LogP) is 2.14. The maximum atomic E-state index is 12.7. The Morgan fingerprint density at radius 1 is 1.31 bits per heavy atom. The molecule has 134 valence electrons. The van der Waals surface area contributed by atoms with Crippen LogP contribution in [0.2, 0.25) is 0 Å². The van der Waals surface area contributed by atoms with Crippen LogP contribution in [0.1, 0.15) is 29.3 Å². The van der Waals surface area contributed by atoms with Crippen LogP contribution in [0.4, 0.5) is 0 Å². The number of aliphatic imine (C=N–C) groups is 1. The van der Waals surface area contributed by atoms with Crippen molar-refractivity contribution < 1.29 is 9.59 Å². The van der Waals surface area contributed by atoms with E-state index in [-0.39, 0.29) is 23.9 Å². The van der Waals surface area contributed by atoms with E-state index in [0.29, 0.717) is 18.6 Å². The number of pyridine rings is 1. The Bertz CT molecular complexity index is 823. The van der Waals surface area contributed by atoms with Crippen LogP contribution in [-0.2, 0) is 9.59 Å². The van der Waals surface area contributed by atoms with E-state index in [9.17, 15) is 9.59 Å². The zero-order valence-corrected chi connectivity index (χ0v) is 15.6. The van der Waals surface area contributed by atoms with E-state index in [1.54, 1.807) is 35.5 Å². The fraction of sp³-hybridized carbons (Fsp3) is 0.333. The normalized spacial score (nSPS) is 25.5. The average molecular weight is 387 g/mol. The smallest absolute Gasteiger partial charge is 0.246 e. The lowest BCUT2D eigenvalue weighted by molar-refractivity contribution is -0.127. The topological polar surface area (TPSA) is 83.5 Å². The summed E-state index contributed by atoms with van der Waals surface area (Å²) in [6, 6.07) is 7.07. The van der Waals surface area contributed by atoms with Gasteiger partial charge in [0.25, 0.3) is 0 Å². The van der Waals surface area contributed by atoms with Crippen molar-refractivity contribution >= 4 is 40.0 Å². The Kier molecular flexibility index (Phi) is 5.03. The lowest BCUT2D eigenvalue weighted by atomic mass is 9.96. The molecule has 2 aliphatic heterocycles. The van der Waals surface area contributed by atoms with E-state index in [1.165, 1.54) is 0 Å². The van der Waals surface area contributed by atoms with Gasteiger partial charge in [-0.25, -0.2) is 0 Å². The van der Waals surface area contributed by atoms with Crippen LogP contribution in [0, 0.1) is 0 Å². The lowest BCUT2D eigenvalue weighted by Gasteiger charge is -2.32. The summed E-state index contributed by atoms with van der Waals surface area (Å²) in [6.45, 7) is 0. The summed E-state index contributed by atoms with van der Waals surface area (Å²) >= 11 is 3.16. The summed E-state index contributed by atoms with van der Waals surface area (Å²) in [5.41, 5.74) is 0.939. The molecule has 0 aliphatic carbocycles. The van der Waals surface area contributed by atoms with Gasteiger partial charge in [-0.1, -0.05) is 6.07 Å². The van der Waals surface area contributed by atoms with Crippen LogP contribution in [0.15, 0.2) is 47.0 Å². The molecular weight excluding hydrogens is 368 g/mol. The first-order valence-corrected chi connectivity index (χ1v) is 10.3. The molecule has 4 rings (SSSR count). The average Bonchev–Trinajstić information content (AvgIpc) is 3.36. The second kappa shape index (κ2) is 7.59. The number of hydrogen-bond donors (Lipinski definition) is 2. The molecule has 8 heteroatoms. The molecule has 2 aromatic rings. The number of carbonyl (C=O) groups is 2. The van der Waals surface area contributed by atoms with Crippen LogP contribution < -0.4 is 10.6 Å². The molecule has 2 N–H and O–H groups in total. The van der Waals surface area contributed by atoms with Gasteiger partial charge >= 0.3 is 0 Å². The molecule has 2 amide bonds. The number of thioether (sulfide) groups is 1. The standard InChI is InChI=1S/C18H18N4O2S2/c23-15-6-5-12(16(22-15)14-4-2-8-25-14)20-17(24)13-10-26-18(21-13)11-3-1-7-19-9-11/h1-4,7-9,12-13,16H,5-6,10H2,(H,20,24)(H,22,23)/t12-,13?,16-/m1/s1. The molecule has 1 fully saturated rings. The second-order valence-corrected chi connectivity index (χ2v) is 8.21. The number of piperidine rings is 1. The highest BCUT2D eigenvalue weighted by Gasteiger charge is 2.34. The Hall–Kier alpha value is -2.19. The first-order chi connectivity index (χ1) is 12.7. The van der Waals surface area contributed by atoms with E-state index >= 15 is 0 Å². The Morgan fingerprint density at radius 3 is 3.00 bits per heavy atom. The van der Waals surface area contributed by atoms with E-state index in [4.69, 9.17) is 0 Å². The fourth-order valence-corrected chi connectivity index (χ4v) is 5.00. The molecule has 0 aromatic carbocycles. The minimum Gasteiger partial charge on any atom is -0.349 e. The molecule has 26 heavy (non-hydrogen) atoms. The number of hydrogen-bond acceptors (Lipinski definition) is 6. The third-order valence-electron chi connectivity index (χ3n) is 4.44. The van der Waals surface area contributed by atoms with E-state index in [0.717, 1.165) is 15.5 Å². The Morgan fingerprint density at radius 2 is 2.23 bits per heavy atom. The second-order valence-electron chi connectivity index (χ2n) is 6.22. The number of nitrogens with zero attached hydrogens (tertiary/aromatic N) is 2. The number of carbonyl (C=O) groups excluding carboxylic acids is 2. The third-order valence-corrected chi connectivity index (χ3v) is 6.49. The molecule has 1 unspecified atom stereocenters. The summed E-state index contributed by atoms with van der Waals surface area (Å²) in [6.07, 6.45) is 4.54. The van der Waals surface area contributed by atoms with E-state index in [2.05, 4.69) is 20.6 Å². The molecule has 3 atom stereocenters. The van der Waals surface area contributed by atoms with Gasteiger partial charge in [-0.3, -0.25) is 19.6 Å². The lowest BCUT2D eigenvalue weighted by Crippen LogP contribution is -2.51. The van der Waals surface area contributed by atoms with Crippen molar-refractivity contribution in [3.63, 3.8) is 0 Å². The summed E-state index contributed by atoms with van der Waals surface area (Å²) < 4.78 is 0. The summed E-state index contributed by atoms with van der Waals surface area (Å²) in [4.78, 5) is 34.3. The van der Waals surface area contributed by atoms with Gasteiger partial charge in [0, 0.05) is 35.0 Å². The van der Waals surface area contributed by atoms with Gasteiger partial charge in [-0.05, 0) is 30.0 Å². The molecule has 0 saturated carbocycles. The highest BCUT2D eigenvalue weighted by atomic mass is 32.2. The van der Waals surface area contributed by atoms with Crippen molar-refractivity contribution in [2.75, 3.05) is 5.75 Å². The monoisotopic (exact) mass is 386 g/mol. The first kappa shape index (κ1) is 17.2. The van der Waals surface area contributed by atoms with Crippen molar-refractivity contribution in [2.24, 2.45) is 4.99 Å². The number of thiophene rings is 1. The largest absolute Gasteiger partial charge is 0.349 e. The van der Waals surface area contributed by atoms with Crippen molar-refractivity contribution in [3.8, 4) is 0 Å². The van der Waals surface area contributed by atoms with Crippen LogP contribution in [0.25, 0.3) is 0 Å². The number of aromatic nitrogens is 1. The molecule has 6 nitrogen and oxygen atoms in total. The molecule has 0 radical (unpaired) electrons. The molecule has 2 aromatic heterocycles. The quantitative estimate of drug-likeness (QED) is 0.843. The molecule has 1 saturated heterocycles. The maximum absolute atomic E-state index is 12.7. The number of amides is 2. The first-order valence-electron chi connectivity index (χ1n) is 8.45. The summed E-state index contributed by atoms with van der Waals surface area (Å²) in [5.74, 6) is 0.569. The van der Waals surface area contributed by atoms with Gasteiger partial charge in [-0.2, -0.15) is 0 Å². The molecule has 2 aliphatic rings. The van der Waals surface area contributed by atoms with Gasteiger partial charge in [0.1, 0.15) is 11.1 Å².